The Morgan fingerprint density at radius 2 is 1.96 bits per heavy atom. The lowest BCUT2D eigenvalue weighted by Crippen LogP contribution is -2.23. The molecule has 0 aliphatic rings. The molecule has 1 amide bonds. The van der Waals surface area contributed by atoms with Gasteiger partial charge in [0, 0.05) is 22.3 Å². The molecule has 0 bridgehead atoms. The highest BCUT2D eigenvalue weighted by atomic mass is 32.1. The summed E-state index contributed by atoms with van der Waals surface area (Å²) in [6, 6.07) is 13.4. The molecular formula is C21H18FN3O2S. The predicted molar refractivity (Wildman–Crippen MR) is 107 cm³/mol. The number of amides is 1. The molecule has 1 N–H and O–H groups in total. The van der Waals surface area contributed by atoms with Crippen LogP contribution in [0, 0.1) is 12.7 Å². The number of nitrogens with one attached hydrogen (secondary N) is 1. The van der Waals surface area contributed by atoms with Crippen LogP contribution in [0.15, 0.2) is 54.7 Å². The first-order chi connectivity index (χ1) is 13.6. The number of rotatable bonds is 5. The lowest BCUT2D eigenvalue weighted by atomic mass is 10.2. The molecule has 0 spiro atoms. The second-order valence-electron chi connectivity index (χ2n) is 6.28. The Morgan fingerprint density at radius 3 is 2.68 bits per heavy atom. The Bertz CT molecular complexity index is 1150. The van der Waals surface area contributed by atoms with E-state index in [2.05, 4.69) is 10.3 Å². The molecule has 2 aromatic heterocycles. The van der Waals surface area contributed by atoms with E-state index in [0.29, 0.717) is 17.9 Å². The fourth-order valence-corrected chi connectivity index (χ4v) is 4.05. The van der Waals surface area contributed by atoms with Crippen LogP contribution in [0.5, 0.6) is 5.75 Å². The number of aryl methyl sites for hydroxylation is 1. The minimum absolute atomic E-state index is 0.185. The number of benzene rings is 2. The Kier molecular flexibility index (Phi) is 4.83. The number of ether oxygens (including phenoxy) is 1. The summed E-state index contributed by atoms with van der Waals surface area (Å²) in [7, 11) is 1.54. The summed E-state index contributed by atoms with van der Waals surface area (Å²) in [4.78, 5) is 19.0. The minimum Gasteiger partial charge on any atom is -0.496 e. The molecule has 0 unspecified atom stereocenters. The number of fused-ring (bicyclic) bond motifs is 1. The molecule has 28 heavy (non-hydrogen) atoms. The smallest absolute Gasteiger partial charge is 0.255 e. The van der Waals surface area contributed by atoms with Crippen molar-refractivity contribution in [3.8, 4) is 17.0 Å². The maximum Gasteiger partial charge on any atom is 0.255 e. The maximum atomic E-state index is 13.1. The molecule has 5 nitrogen and oxygen atoms in total. The van der Waals surface area contributed by atoms with E-state index in [1.807, 2.05) is 23.6 Å². The van der Waals surface area contributed by atoms with Crippen molar-refractivity contribution in [2.75, 3.05) is 7.11 Å². The molecule has 0 radical (unpaired) electrons. The molecule has 0 saturated carbocycles. The van der Waals surface area contributed by atoms with Crippen molar-refractivity contribution in [1.82, 2.24) is 14.7 Å². The zero-order valence-corrected chi connectivity index (χ0v) is 16.2. The second kappa shape index (κ2) is 7.44. The van der Waals surface area contributed by atoms with E-state index in [0.717, 1.165) is 26.8 Å². The number of hydrogen-bond donors (Lipinski definition) is 1. The summed E-state index contributed by atoms with van der Waals surface area (Å²) in [6.45, 7) is 2.40. The third-order valence-corrected chi connectivity index (χ3v) is 5.71. The maximum absolute atomic E-state index is 13.1. The molecule has 0 fully saturated rings. The normalized spacial score (nSPS) is 11.0. The number of imidazole rings is 1. The Hall–Kier alpha value is -3.19. The number of thiazole rings is 1. The Balaban J connectivity index is 1.53. The SMILES string of the molecule is COc1ccccc1C(=O)NCc1sc2nc(-c3ccc(F)cc3)cn2c1C. The van der Waals surface area contributed by atoms with Gasteiger partial charge in [0.1, 0.15) is 11.6 Å². The molecule has 4 rings (SSSR count). The van der Waals surface area contributed by atoms with Gasteiger partial charge in [-0.15, -0.1) is 0 Å². The molecule has 0 saturated heterocycles. The van der Waals surface area contributed by atoms with Gasteiger partial charge in [-0.2, -0.15) is 0 Å². The topological polar surface area (TPSA) is 55.6 Å². The van der Waals surface area contributed by atoms with Crippen LogP contribution in [0.3, 0.4) is 0 Å². The summed E-state index contributed by atoms with van der Waals surface area (Å²) in [5, 5.41) is 2.94. The molecular weight excluding hydrogens is 377 g/mol. The Morgan fingerprint density at radius 1 is 1.21 bits per heavy atom. The summed E-state index contributed by atoms with van der Waals surface area (Å²) < 4.78 is 20.4. The van der Waals surface area contributed by atoms with Crippen LogP contribution in [0.1, 0.15) is 20.9 Å². The Labute approximate surface area is 165 Å². The predicted octanol–water partition coefficient (Wildman–Crippen LogP) is 4.45. The van der Waals surface area contributed by atoms with Gasteiger partial charge in [-0.3, -0.25) is 9.20 Å². The summed E-state index contributed by atoms with van der Waals surface area (Å²) in [6.07, 6.45) is 1.93. The zero-order valence-electron chi connectivity index (χ0n) is 15.4. The average molecular weight is 395 g/mol. The van der Waals surface area contributed by atoms with Crippen LogP contribution in [0.25, 0.3) is 16.2 Å². The summed E-state index contributed by atoms with van der Waals surface area (Å²) in [5.74, 6) is 0.0885. The van der Waals surface area contributed by atoms with E-state index in [9.17, 15) is 9.18 Å². The number of halogens is 1. The zero-order chi connectivity index (χ0) is 19.7. The summed E-state index contributed by atoms with van der Waals surface area (Å²) in [5.41, 5.74) is 3.17. The number of hydrogen-bond acceptors (Lipinski definition) is 4. The molecule has 0 aliphatic carbocycles. The standard InChI is InChI=1S/C21H18FN3O2S/c1-13-19(11-23-20(26)16-5-3-4-6-18(16)27-2)28-21-24-17(12-25(13)21)14-7-9-15(22)10-8-14/h3-10,12H,11H2,1-2H3,(H,23,26). The van der Waals surface area contributed by atoms with Crippen LogP contribution in [0.2, 0.25) is 0 Å². The number of para-hydroxylation sites is 1. The highest BCUT2D eigenvalue weighted by molar-refractivity contribution is 7.17. The van der Waals surface area contributed by atoms with E-state index < -0.39 is 0 Å². The fourth-order valence-electron chi connectivity index (χ4n) is 3.01. The quantitative estimate of drug-likeness (QED) is 0.543. The fraction of sp³-hybridized carbons (Fsp3) is 0.143. The molecule has 2 aromatic carbocycles. The van der Waals surface area contributed by atoms with E-state index in [1.165, 1.54) is 23.5 Å². The largest absolute Gasteiger partial charge is 0.496 e. The first-order valence-electron chi connectivity index (χ1n) is 8.71. The molecule has 142 valence electrons. The third kappa shape index (κ3) is 3.36. The van der Waals surface area contributed by atoms with Crippen molar-refractivity contribution in [3.63, 3.8) is 0 Å². The number of carbonyl (C=O) groups excluding carboxylic acids is 1. The van der Waals surface area contributed by atoms with E-state index in [4.69, 9.17) is 4.74 Å². The van der Waals surface area contributed by atoms with Gasteiger partial charge < -0.3 is 10.1 Å². The lowest BCUT2D eigenvalue weighted by Gasteiger charge is -2.08. The van der Waals surface area contributed by atoms with Crippen LogP contribution in [-0.2, 0) is 6.54 Å². The monoisotopic (exact) mass is 395 g/mol. The van der Waals surface area contributed by atoms with Crippen molar-refractivity contribution < 1.29 is 13.9 Å². The number of carbonyl (C=O) groups is 1. The third-order valence-electron chi connectivity index (χ3n) is 4.55. The van der Waals surface area contributed by atoms with E-state index >= 15 is 0 Å². The van der Waals surface area contributed by atoms with Crippen LogP contribution < -0.4 is 10.1 Å². The van der Waals surface area contributed by atoms with Crippen LogP contribution >= 0.6 is 11.3 Å². The molecule has 7 heteroatoms. The number of aromatic nitrogens is 2. The van der Waals surface area contributed by atoms with Gasteiger partial charge in [-0.1, -0.05) is 23.5 Å². The number of nitrogens with zero attached hydrogens (tertiary/aromatic N) is 2. The van der Waals surface area contributed by atoms with Crippen LogP contribution in [0.4, 0.5) is 4.39 Å². The number of methoxy groups -OCH3 is 1. The van der Waals surface area contributed by atoms with Crippen LogP contribution in [-0.4, -0.2) is 22.4 Å². The van der Waals surface area contributed by atoms with Gasteiger partial charge in [0.25, 0.3) is 5.91 Å². The molecule has 4 aromatic rings. The molecule has 0 aliphatic heterocycles. The van der Waals surface area contributed by atoms with Gasteiger partial charge in [0.05, 0.1) is 24.9 Å². The highest BCUT2D eigenvalue weighted by Gasteiger charge is 2.15. The van der Waals surface area contributed by atoms with Crippen molar-refractivity contribution in [3.05, 3.63) is 76.7 Å². The minimum atomic E-state index is -0.269. The van der Waals surface area contributed by atoms with Gasteiger partial charge in [-0.05, 0) is 43.3 Å². The van der Waals surface area contributed by atoms with E-state index in [-0.39, 0.29) is 11.7 Å². The van der Waals surface area contributed by atoms with Gasteiger partial charge in [0.15, 0.2) is 4.96 Å². The van der Waals surface area contributed by atoms with E-state index in [1.54, 1.807) is 37.4 Å². The molecule has 2 heterocycles. The first kappa shape index (κ1) is 18.2. The van der Waals surface area contributed by atoms with Gasteiger partial charge in [0.2, 0.25) is 0 Å². The molecule has 0 atom stereocenters. The summed E-state index contributed by atoms with van der Waals surface area (Å²) >= 11 is 1.52. The van der Waals surface area contributed by atoms with Gasteiger partial charge >= 0.3 is 0 Å². The van der Waals surface area contributed by atoms with Gasteiger partial charge in [-0.25, -0.2) is 9.37 Å². The van der Waals surface area contributed by atoms with Crippen molar-refractivity contribution in [2.24, 2.45) is 0 Å². The van der Waals surface area contributed by atoms with Crippen molar-refractivity contribution in [2.45, 2.75) is 13.5 Å². The highest BCUT2D eigenvalue weighted by Crippen LogP contribution is 2.27. The lowest BCUT2D eigenvalue weighted by molar-refractivity contribution is 0.0948. The average Bonchev–Trinajstić information content (AvgIpc) is 3.26. The van der Waals surface area contributed by atoms with Crippen molar-refractivity contribution in [1.29, 1.82) is 0 Å². The second-order valence-corrected chi connectivity index (χ2v) is 7.34. The van der Waals surface area contributed by atoms with Crippen molar-refractivity contribution >= 4 is 22.2 Å². The first-order valence-corrected chi connectivity index (χ1v) is 9.53.